The van der Waals surface area contributed by atoms with E-state index in [4.69, 9.17) is 10.5 Å². The molecule has 12 heteroatoms. The Kier molecular flexibility index (Phi) is 15.2. The lowest BCUT2D eigenvalue weighted by Crippen LogP contribution is -2.55. The lowest BCUT2D eigenvalue weighted by Gasteiger charge is -2.32. The number of hydrogen-bond acceptors (Lipinski definition) is 7. The van der Waals surface area contributed by atoms with Gasteiger partial charge in [-0.1, -0.05) is 92.7 Å². The molecule has 4 rings (SSSR count). The SMILES string of the molecule is CC(C)[C@H](NC(=O)CCN1CCC(Oc2ccccc2Cc2ccccc2)CC1)C(=O)NCC(=O)N[C@@H](C)C(=O)N[C@H](Cc1ccccc1)C(N)=O. The van der Waals surface area contributed by atoms with Gasteiger partial charge in [-0.05, 0) is 48.4 Å². The summed E-state index contributed by atoms with van der Waals surface area (Å²) in [6, 6.07) is 24.8. The van der Waals surface area contributed by atoms with Gasteiger partial charge in [-0.2, -0.15) is 0 Å². The highest BCUT2D eigenvalue weighted by atomic mass is 16.5. The van der Waals surface area contributed by atoms with E-state index in [0.29, 0.717) is 6.54 Å². The number of hydrogen-bond donors (Lipinski definition) is 5. The molecule has 52 heavy (non-hydrogen) atoms. The van der Waals surface area contributed by atoms with Gasteiger partial charge in [-0.15, -0.1) is 0 Å². The molecule has 278 valence electrons. The minimum atomic E-state index is -0.991. The van der Waals surface area contributed by atoms with Crippen molar-refractivity contribution >= 4 is 29.5 Å². The van der Waals surface area contributed by atoms with Crippen molar-refractivity contribution in [2.75, 3.05) is 26.2 Å². The number of likely N-dealkylation sites (tertiary alicyclic amines) is 1. The Bertz CT molecular complexity index is 1630. The van der Waals surface area contributed by atoms with Crippen LogP contribution in [0.2, 0.25) is 0 Å². The van der Waals surface area contributed by atoms with Crippen LogP contribution in [-0.2, 0) is 36.8 Å². The van der Waals surface area contributed by atoms with E-state index < -0.39 is 48.3 Å². The molecule has 1 aliphatic rings. The van der Waals surface area contributed by atoms with E-state index in [2.05, 4.69) is 44.4 Å². The van der Waals surface area contributed by atoms with Gasteiger partial charge >= 0.3 is 0 Å². The van der Waals surface area contributed by atoms with Crippen molar-refractivity contribution in [1.29, 1.82) is 0 Å². The molecular formula is C40H52N6O6. The summed E-state index contributed by atoms with van der Waals surface area (Å²) < 4.78 is 6.44. The summed E-state index contributed by atoms with van der Waals surface area (Å²) in [5, 5.41) is 10.5. The third-order valence-corrected chi connectivity index (χ3v) is 9.10. The Balaban J connectivity index is 1.15. The average molecular weight is 713 g/mol. The molecule has 12 nitrogen and oxygen atoms in total. The number of benzene rings is 3. The molecule has 1 aliphatic heterocycles. The number of rotatable bonds is 18. The van der Waals surface area contributed by atoms with E-state index in [9.17, 15) is 24.0 Å². The van der Waals surface area contributed by atoms with Gasteiger partial charge in [-0.25, -0.2) is 0 Å². The molecule has 3 atom stereocenters. The number of nitrogens with one attached hydrogen (secondary N) is 4. The normalized spacial score (nSPS) is 15.2. The van der Waals surface area contributed by atoms with Crippen LogP contribution < -0.4 is 31.7 Å². The minimum Gasteiger partial charge on any atom is -0.490 e. The lowest BCUT2D eigenvalue weighted by molar-refractivity contribution is -0.132. The van der Waals surface area contributed by atoms with Crippen molar-refractivity contribution in [3.8, 4) is 5.75 Å². The maximum Gasteiger partial charge on any atom is 0.243 e. The first-order valence-corrected chi connectivity index (χ1v) is 18.0. The largest absolute Gasteiger partial charge is 0.490 e. The zero-order valence-corrected chi connectivity index (χ0v) is 30.3. The molecule has 0 aliphatic carbocycles. The van der Waals surface area contributed by atoms with Crippen molar-refractivity contribution in [1.82, 2.24) is 26.2 Å². The molecular weight excluding hydrogens is 660 g/mol. The quantitative estimate of drug-likeness (QED) is 0.135. The summed E-state index contributed by atoms with van der Waals surface area (Å²) in [6.07, 6.45) is 3.03. The lowest BCUT2D eigenvalue weighted by atomic mass is 10.0. The zero-order chi connectivity index (χ0) is 37.5. The van der Waals surface area contributed by atoms with Gasteiger partial charge in [-0.3, -0.25) is 24.0 Å². The fourth-order valence-corrected chi connectivity index (χ4v) is 6.06. The van der Waals surface area contributed by atoms with E-state index >= 15 is 0 Å². The molecule has 0 unspecified atom stereocenters. The van der Waals surface area contributed by atoms with Crippen molar-refractivity contribution in [3.63, 3.8) is 0 Å². The van der Waals surface area contributed by atoms with Crippen LogP contribution in [0.1, 0.15) is 56.7 Å². The van der Waals surface area contributed by atoms with Crippen molar-refractivity contribution < 1.29 is 28.7 Å². The van der Waals surface area contributed by atoms with Crippen LogP contribution >= 0.6 is 0 Å². The molecule has 0 radical (unpaired) electrons. The maximum atomic E-state index is 13.0. The topological polar surface area (TPSA) is 172 Å². The Morgan fingerprint density at radius 3 is 2.02 bits per heavy atom. The van der Waals surface area contributed by atoms with Crippen LogP contribution in [0, 0.1) is 5.92 Å². The molecule has 6 N–H and O–H groups in total. The Labute approximate surface area is 306 Å². The first-order valence-electron chi connectivity index (χ1n) is 18.0. The number of nitrogens with zero attached hydrogens (tertiary/aromatic N) is 1. The van der Waals surface area contributed by atoms with Crippen LogP contribution in [0.15, 0.2) is 84.9 Å². The predicted molar refractivity (Wildman–Crippen MR) is 199 cm³/mol. The molecule has 3 aromatic carbocycles. The molecule has 0 aromatic heterocycles. The summed E-state index contributed by atoms with van der Waals surface area (Å²) in [6.45, 7) is 6.85. The number of amides is 5. The predicted octanol–water partition coefficient (Wildman–Crippen LogP) is 2.49. The van der Waals surface area contributed by atoms with Gasteiger partial charge in [0.1, 0.15) is 30.0 Å². The van der Waals surface area contributed by atoms with Crippen LogP contribution in [-0.4, -0.2) is 84.8 Å². The van der Waals surface area contributed by atoms with E-state index in [1.165, 1.54) is 12.5 Å². The van der Waals surface area contributed by atoms with Crippen molar-refractivity contribution in [3.05, 3.63) is 102 Å². The first-order chi connectivity index (χ1) is 25.0. The molecule has 1 saturated heterocycles. The Hall–Kier alpha value is -5.23. The fraction of sp³-hybridized carbons (Fsp3) is 0.425. The number of ether oxygens (including phenoxy) is 1. The third-order valence-electron chi connectivity index (χ3n) is 9.10. The molecule has 5 amide bonds. The second-order valence-corrected chi connectivity index (χ2v) is 13.6. The molecule has 1 heterocycles. The van der Waals surface area contributed by atoms with Gasteiger partial charge in [0.25, 0.3) is 0 Å². The number of carbonyl (C=O) groups is 5. The van der Waals surface area contributed by atoms with Crippen LogP contribution in [0.5, 0.6) is 5.75 Å². The van der Waals surface area contributed by atoms with Gasteiger partial charge in [0, 0.05) is 38.9 Å². The van der Waals surface area contributed by atoms with Crippen LogP contribution in [0.25, 0.3) is 0 Å². The fourth-order valence-electron chi connectivity index (χ4n) is 6.06. The number of carbonyl (C=O) groups excluding carboxylic acids is 5. The van der Waals surface area contributed by atoms with Crippen LogP contribution in [0.3, 0.4) is 0 Å². The second-order valence-electron chi connectivity index (χ2n) is 13.6. The van der Waals surface area contributed by atoms with Gasteiger partial charge in [0.05, 0.1) is 6.54 Å². The third kappa shape index (κ3) is 12.8. The van der Waals surface area contributed by atoms with E-state index in [-0.39, 0.29) is 30.8 Å². The Morgan fingerprint density at radius 1 is 0.769 bits per heavy atom. The van der Waals surface area contributed by atoms with Gasteiger partial charge < -0.3 is 36.6 Å². The summed E-state index contributed by atoms with van der Waals surface area (Å²) >= 11 is 0. The number of para-hydroxylation sites is 1. The molecule has 0 spiro atoms. The van der Waals surface area contributed by atoms with E-state index in [1.807, 2.05) is 80.6 Å². The first kappa shape index (κ1) is 39.6. The molecule has 1 fully saturated rings. The molecule has 3 aromatic rings. The van der Waals surface area contributed by atoms with E-state index in [0.717, 1.165) is 49.2 Å². The minimum absolute atomic E-state index is 0.0947. The van der Waals surface area contributed by atoms with E-state index in [1.54, 1.807) is 0 Å². The smallest absolute Gasteiger partial charge is 0.243 e. The zero-order valence-electron chi connectivity index (χ0n) is 30.3. The molecule has 0 saturated carbocycles. The highest BCUT2D eigenvalue weighted by molar-refractivity contribution is 5.94. The van der Waals surface area contributed by atoms with Gasteiger partial charge in [0.15, 0.2) is 0 Å². The monoisotopic (exact) mass is 712 g/mol. The average Bonchev–Trinajstić information content (AvgIpc) is 3.13. The standard InChI is InChI=1S/C40H52N6O6/c1-27(2)37(40(51)42-26-36(48)43-28(3)39(50)44-33(38(41)49)25-30-14-8-5-9-15-30)45-35(47)20-23-46-21-18-32(19-22-46)52-34-17-11-10-16-31(34)24-29-12-6-4-7-13-29/h4-17,27-28,32-33,37H,18-26H2,1-3H3,(H2,41,49)(H,42,51)(H,43,48)(H,44,50)(H,45,47)/t28-,33+,37-/m0/s1. The Morgan fingerprint density at radius 2 is 1.38 bits per heavy atom. The number of piperidine rings is 1. The molecule has 0 bridgehead atoms. The van der Waals surface area contributed by atoms with Crippen LogP contribution in [0.4, 0.5) is 0 Å². The number of primary amides is 1. The van der Waals surface area contributed by atoms with Gasteiger partial charge in [0.2, 0.25) is 29.5 Å². The summed E-state index contributed by atoms with van der Waals surface area (Å²) in [5.74, 6) is -1.97. The highest BCUT2D eigenvalue weighted by Gasteiger charge is 2.27. The van der Waals surface area contributed by atoms with Crippen molar-refractivity contribution in [2.45, 2.75) is 77.1 Å². The second kappa shape index (κ2) is 20.0. The number of nitrogens with two attached hydrogens (primary N) is 1. The summed E-state index contributed by atoms with van der Waals surface area (Å²) in [5.41, 5.74) is 8.70. The maximum absolute atomic E-state index is 13.0. The van der Waals surface area contributed by atoms with Crippen molar-refractivity contribution in [2.24, 2.45) is 11.7 Å². The summed E-state index contributed by atoms with van der Waals surface area (Å²) in [7, 11) is 0. The highest BCUT2D eigenvalue weighted by Crippen LogP contribution is 2.25. The summed E-state index contributed by atoms with van der Waals surface area (Å²) in [4.78, 5) is 65.4.